The number of allylic oxidation sites excluding steroid dienone is 1. The lowest BCUT2D eigenvalue weighted by Gasteiger charge is -2.30. The number of carbonyl (C=O) groups is 1. The zero-order chi connectivity index (χ0) is 25.5. The SMILES string of the molecule is O=C1CCCN1c1cc(N2CCOCC2)cn2c(=O)c(O)c(C3=NC=C(Cc4ccc(F)cc4)C3)nc12. The summed E-state index contributed by atoms with van der Waals surface area (Å²) in [5.41, 5.74) is 3.49. The van der Waals surface area contributed by atoms with Gasteiger partial charge in [-0.3, -0.25) is 19.0 Å². The van der Waals surface area contributed by atoms with Crippen LogP contribution < -0.4 is 15.4 Å². The fourth-order valence-corrected chi connectivity index (χ4v) is 5.09. The molecule has 1 N–H and O–H groups in total. The number of fused-ring (bicyclic) bond motifs is 1. The number of hydrogen-bond acceptors (Lipinski definition) is 7. The van der Waals surface area contributed by atoms with E-state index in [1.54, 1.807) is 29.4 Å². The molecule has 0 radical (unpaired) electrons. The summed E-state index contributed by atoms with van der Waals surface area (Å²) in [6.45, 7) is 2.99. The fraction of sp³-hybridized carbons (Fsp3) is 0.333. The Kier molecular flexibility index (Phi) is 5.96. The van der Waals surface area contributed by atoms with Crippen molar-refractivity contribution in [2.45, 2.75) is 25.7 Å². The molecule has 0 atom stereocenters. The first-order valence-electron chi connectivity index (χ1n) is 12.4. The molecule has 6 rings (SSSR count). The fourth-order valence-electron chi connectivity index (χ4n) is 5.09. The number of anilines is 2. The number of hydrogen-bond donors (Lipinski definition) is 1. The second-order valence-electron chi connectivity index (χ2n) is 9.48. The van der Waals surface area contributed by atoms with Gasteiger partial charge in [-0.15, -0.1) is 0 Å². The number of rotatable bonds is 5. The normalized spacial score (nSPS) is 18.0. The molecule has 37 heavy (non-hydrogen) atoms. The van der Waals surface area contributed by atoms with Gasteiger partial charge in [0.2, 0.25) is 11.7 Å². The Morgan fingerprint density at radius 1 is 1.08 bits per heavy atom. The van der Waals surface area contributed by atoms with Crippen molar-refractivity contribution in [3.8, 4) is 5.75 Å². The highest BCUT2D eigenvalue weighted by Crippen LogP contribution is 2.32. The summed E-state index contributed by atoms with van der Waals surface area (Å²) in [5, 5.41) is 10.9. The van der Waals surface area contributed by atoms with Crippen LogP contribution in [-0.4, -0.2) is 59.0 Å². The second-order valence-corrected chi connectivity index (χ2v) is 9.48. The van der Waals surface area contributed by atoms with Crippen LogP contribution in [0.5, 0.6) is 5.75 Å². The molecule has 10 heteroatoms. The second kappa shape index (κ2) is 9.44. The van der Waals surface area contributed by atoms with Crippen molar-refractivity contribution in [3.63, 3.8) is 0 Å². The van der Waals surface area contributed by atoms with Crippen LogP contribution in [0.1, 0.15) is 30.5 Å². The Hall–Kier alpha value is -4.05. The molecule has 3 aromatic rings. The molecule has 3 aliphatic heterocycles. The first-order valence-corrected chi connectivity index (χ1v) is 12.4. The Bertz CT molecular complexity index is 1510. The lowest BCUT2D eigenvalue weighted by Crippen LogP contribution is -2.37. The minimum atomic E-state index is -0.613. The summed E-state index contributed by atoms with van der Waals surface area (Å²) in [6, 6.07) is 8.16. The van der Waals surface area contributed by atoms with Gasteiger partial charge in [-0.1, -0.05) is 12.1 Å². The van der Waals surface area contributed by atoms with E-state index in [0.717, 1.165) is 23.2 Å². The quantitative estimate of drug-likeness (QED) is 0.575. The van der Waals surface area contributed by atoms with Gasteiger partial charge in [-0.05, 0) is 42.2 Å². The number of morpholine rings is 1. The zero-order valence-corrected chi connectivity index (χ0v) is 20.2. The first kappa shape index (κ1) is 23.4. The highest BCUT2D eigenvalue weighted by molar-refractivity contribution is 6.05. The van der Waals surface area contributed by atoms with E-state index in [1.165, 1.54) is 16.5 Å². The van der Waals surface area contributed by atoms with E-state index in [9.17, 15) is 19.1 Å². The largest absolute Gasteiger partial charge is 0.501 e. The number of aromatic hydroxyl groups is 1. The number of ether oxygens (including phenoxy) is 1. The Labute approximate surface area is 212 Å². The number of carbonyl (C=O) groups excluding carboxylic acids is 1. The molecule has 0 aliphatic carbocycles. The van der Waals surface area contributed by atoms with Gasteiger partial charge in [0.15, 0.2) is 5.65 Å². The molecular formula is C27H26FN5O4. The van der Waals surface area contributed by atoms with Crippen LogP contribution in [0.25, 0.3) is 5.65 Å². The number of nitrogens with zero attached hydrogens (tertiary/aromatic N) is 5. The summed E-state index contributed by atoms with van der Waals surface area (Å²) in [5.74, 6) is -0.798. The van der Waals surface area contributed by atoms with Crippen molar-refractivity contribution in [3.05, 3.63) is 75.7 Å². The maximum Gasteiger partial charge on any atom is 0.300 e. The van der Waals surface area contributed by atoms with Gasteiger partial charge >= 0.3 is 5.56 Å². The van der Waals surface area contributed by atoms with Crippen molar-refractivity contribution in [2.24, 2.45) is 4.99 Å². The molecule has 5 heterocycles. The number of amides is 1. The summed E-state index contributed by atoms with van der Waals surface area (Å²) < 4.78 is 20.0. The smallest absolute Gasteiger partial charge is 0.300 e. The molecule has 190 valence electrons. The van der Waals surface area contributed by atoms with Crippen LogP contribution in [0, 0.1) is 5.82 Å². The van der Waals surface area contributed by atoms with E-state index in [-0.39, 0.29) is 17.4 Å². The summed E-state index contributed by atoms with van der Waals surface area (Å²) in [4.78, 5) is 39.0. The molecule has 2 saturated heterocycles. The number of benzene rings is 1. The number of pyridine rings is 1. The third kappa shape index (κ3) is 4.37. The molecule has 0 spiro atoms. The van der Waals surface area contributed by atoms with Crippen LogP contribution >= 0.6 is 0 Å². The molecule has 2 fully saturated rings. The van der Waals surface area contributed by atoms with Crippen LogP contribution in [0.3, 0.4) is 0 Å². The predicted molar refractivity (Wildman–Crippen MR) is 137 cm³/mol. The third-order valence-corrected chi connectivity index (χ3v) is 7.02. The maximum absolute atomic E-state index is 13.4. The molecule has 2 aromatic heterocycles. The van der Waals surface area contributed by atoms with Gasteiger partial charge in [0.25, 0.3) is 0 Å². The predicted octanol–water partition coefficient (Wildman–Crippen LogP) is 2.82. The summed E-state index contributed by atoms with van der Waals surface area (Å²) in [6.07, 6.45) is 5.50. The van der Waals surface area contributed by atoms with Crippen molar-refractivity contribution in [1.82, 2.24) is 9.38 Å². The van der Waals surface area contributed by atoms with E-state index in [0.29, 0.717) is 69.2 Å². The van der Waals surface area contributed by atoms with E-state index in [4.69, 9.17) is 9.72 Å². The van der Waals surface area contributed by atoms with E-state index >= 15 is 0 Å². The van der Waals surface area contributed by atoms with Crippen LogP contribution in [0.4, 0.5) is 15.8 Å². The van der Waals surface area contributed by atoms with Gasteiger partial charge in [-0.25, -0.2) is 9.37 Å². The Balaban J connectivity index is 1.39. The Morgan fingerprint density at radius 3 is 2.59 bits per heavy atom. The summed E-state index contributed by atoms with van der Waals surface area (Å²) in [7, 11) is 0. The average molecular weight is 504 g/mol. The zero-order valence-electron chi connectivity index (χ0n) is 20.2. The minimum absolute atomic E-state index is 0.0219. The van der Waals surface area contributed by atoms with Gasteiger partial charge in [0.05, 0.1) is 30.3 Å². The number of halogens is 1. The van der Waals surface area contributed by atoms with Gasteiger partial charge < -0.3 is 19.6 Å². The van der Waals surface area contributed by atoms with Gasteiger partial charge in [-0.2, -0.15) is 0 Å². The van der Waals surface area contributed by atoms with Gasteiger partial charge in [0.1, 0.15) is 11.5 Å². The van der Waals surface area contributed by atoms with Crippen LogP contribution in [0.2, 0.25) is 0 Å². The average Bonchev–Trinajstić information content (AvgIpc) is 3.56. The molecule has 9 nitrogen and oxygen atoms in total. The first-order chi connectivity index (χ1) is 18.0. The van der Waals surface area contributed by atoms with Crippen molar-refractivity contribution < 1.29 is 19.0 Å². The molecule has 1 amide bonds. The highest BCUT2D eigenvalue weighted by atomic mass is 19.1. The summed E-state index contributed by atoms with van der Waals surface area (Å²) >= 11 is 0. The lowest BCUT2D eigenvalue weighted by molar-refractivity contribution is -0.117. The standard InChI is InChI=1S/C27H26FN5O4/c28-19-5-3-17(4-6-19)12-18-13-21(29-15-18)24-25(35)27(36)33-16-20(31-8-10-37-11-9-31)14-22(26(33)30-24)32-7-1-2-23(32)34/h3-6,14-16,35H,1-2,7-13H2. The van der Waals surface area contributed by atoms with Crippen molar-refractivity contribution in [2.75, 3.05) is 42.6 Å². The lowest BCUT2D eigenvalue weighted by atomic mass is 10.0. The van der Waals surface area contributed by atoms with Gasteiger partial charge in [0, 0.05) is 44.9 Å². The van der Waals surface area contributed by atoms with Crippen molar-refractivity contribution >= 4 is 28.6 Å². The maximum atomic E-state index is 13.4. The number of aliphatic imine (C=N–C) groups is 1. The minimum Gasteiger partial charge on any atom is -0.501 e. The highest BCUT2D eigenvalue weighted by Gasteiger charge is 2.28. The molecule has 3 aliphatic rings. The third-order valence-electron chi connectivity index (χ3n) is 7.02. The van der Waals surface area contributed by atoms with Crippen LogP contribution in [0.15, 0.2) is 58.1 Å². The van der Waals surface area contributed by atoms with E-state index < -0.39 is 11.3 Å². The molecule has 0 saturated carbocycles. The topological polar surface area (TPSA) is 99.7 Å². The molecule has 0 bridgehead atoms. The molecule has 0 unspecified atom stereocenters. The van der Waals surface area contributed by atoms with E-state index in [2.05, 4.69) is 9.89 Å². The Morgan fingerprint density at radius 2 is 1.86 bits per heavy atom. The molecular weight excluding hydrogens is 477 g/mol. The monoisotopic (exact) mass is 503 g/mol. The van der Waals surface area contributed by atoms with Crippen molar-refractivity contribution in [1.29, 1.82) is 0 Å². The molecule has 1 aromatic carbocycles. The number of aromatic nitrogens is 2. The van der Waals surface area contributed by atoms with Crippen LogP contribution in [-0.2, 0) is 16.0 Å². The van der Waals surface area contributed by atoms with E-state index in [1.807, 2.05) is 6.07 Å².